The first-order valence-corrected chi connectivity index (χ1v) is 5.94. The summed E-state index contributed by atoms with van der Waals surface area (Å²) in [6.45, 7) is 6.05. The van der Waals surface area contributed by atoms with Crippen molar-refractivity contribution < 1.29 is 13.2 Å². The molecule has 1 heterocycles. The molecule has 0 saturated heterocycles. The lowest BCUT2D eigenvalue weighted by atomic mass is 10.2. The summed E-state index contributed by atoms with van der Waals surface area (Å²) in [5.41, 5.74) is 0.812. The van der Waals surface area contributed by atoms with Gasteiger partial charge in [0.05, 0.1) is 0 Å². The SMILES string of the molecule is Cc1cc(NCCCC(F)(F)F)nc(C(C)C)n1. The quantitative estimate of drug-likeness (QED) is 0.822. The van der Waals surface area contributed by atoms with E-state index in [1.54, 1.807) is 6.07 Å². The molecule has 0 aliphatic carbocycles. The smallest absolute Gasteiger partial charge is 0.370 e. The highest BCUT2D eigenvalue weighted by atomic mass is 19.4. The van der Waals surface area contributed by atoms with E-state index in [9.17, 15) is 13.2 Å². The van der Waals surface area contributed by atoms with Gasteiger partial charge in [0.2, 0.25) is 0 Å². The number of aryl methyl sites for hydroxylation is 1. The molecule has 18 heavy (non-hydrogen) atoms. The Kier molecular flexibility index (Phi) is 4.93. The Labute approximate surface area is 105 Å². The second-order valence-corrected chi connectivity index (χ2v) is 4.55. The Balaban J connectivity index is 2.52. The summed E-state index contributed by atoms with van der Waals surface area (Å²) in [4.78, 5) is 8.53. The van der Waals surface area contributed by atoms with E-state index in [1.807, 2.05) is 20.8 Å². The maximum Gasteiger partial charge on any atom is 0.389 e. The van der Waals surface area contributed by atoms with Crippen LogP contribution >= 0.6 is 0 Å². The van der Waals surface area contributed by atoms with Crippen molar-refractivity contribution in [1.82, 2.24) is 9.97 Å². The van der Waals surface area contributed by atoms with E-state index in [4.69, 9.17) is 0 Å². The third kappa shape index (κ3) is 5.33. The van der Waals surface area contributed by atoms with Crippen LogP contribution in [0.3, 0.4) is 0 Å². The molecule has 0 aliphatic heterocycles. The van der Waals surface area contributed by atoms with Gasteiger partial charge in [-0.2, -0.15) is 13.2 Å². The minimum atomic E-state index is -4.09. The Bertz CT molecular complexity index is 389. The number of rotatable bonds is 5. The summed E-state index contributed by atoms with van der Waals surface area (Å²) < 4.78 is 35.9. The highest BCUT2D eigenvalue weighted by Crippen LogP contribution is 2.21. The summed E-state index contributed by atoms with van der Waals surface area (Å²) in [5, 5.41) is 2.90. The van der Waals surface area contributed by atoms with Crippen LogP contribution in [-0.4, -0.2) is 22.7 Å². The highest BCUT2D eigenvalue weighted by Gasteiger charge is 2.25. The van der Waals surface area contributed by atoms with Crippen molar-refractivity contribution in [3.8, 4) is 0 Å². The maximum absolute atomic E-state index is 12.0. The van der Waals surface area contributed by atoms with Crippen LogP contribution in [0.15, 0.2) is 6.07 Å². The Hall–Kier alpha value is -1.33. The van der Waals surface area contributed by atoms with Gasteiger partial charge in [0, 0.05) is 30.6 Å². The van der Waals surface area contributed by atoms with Crippen molar-refractivity contribution in [2.24, 2.45) is 0 Å². The molecule has 6 heteroatoms. The van der Waals surface area contributed by atoms with E-state index in [-0.39, 0.29) is 18.9 Å². The van der Waals surface area contributed by atoms with Gasteiger partial charge >= 0.3 is 6.18 Å². The fraction of sp³-hybridized carbons (Fsp3) is 0.667. The molecule has 0 spiro atoms. The van der Waals surface area contributed by atoms with Crippen molar-refractivity contribution in [1.29, 1.82) is 0 Å². The Morgan fingerprint density at radius 3 is 2.50 bits per heavy atom. The molecule has 1 N–H and O–H groups in total. The average Bonchev–Trinajstić information content (AvgIpc) is 2.22. The van der Waals surface area contributed by atoms with Crippen molar-refractivity contribution in [3.05, 3.63) is 17.6 Å². The zero-order chi connectivity index (χ0) is 13.8. The van der Waals surface area contributed by atoms with E-state index < -0.39 is 12.6 Å². The first-order valence-electron chi connectivity index (χ1n) is 5.94. The predicted molar refractivity (Wildman–Crippen MR) is 64.6 cm³/mol. The first-order chi connectivity index (χ1) is 8.28. The summed E-state index contributed by atoms with van der Waals surface area (Å²) in [7, 11) is 0. The molecule has 0 radical (unpaired) electrons. The highest BCUT2D eigenvalue weighted by molar-refractivity contribution is 5.36. The van der Waals surface area contributed by atoms with E-state index >= 15 is 0 Å². The molecule has 3 nitrogen and oxygen atoms in total. The molecule has 0 amide bonds. The second kappa shape index (κ2) is 6.02. The zero-order valence-electron chi connectivity index (χ0n) is 10.8. The molecule has 0 unspecified atom stereocenters. The number of nitrogens with one attached hydrogen (secondary N) is 1. The number of hydrogen-bond acceptors (Lipinski definition) is 3. The number of alkyl halides is 3. The van der Waals surface area contributed by atoms with Gasteiger partial charge in [0.25, 0.3) is 0 Å². The lowest BCUT2D eigenvalue weighted by molar-refractivity contribution is -0.134. The monoisotopic (exact) mass is 261 g/mol. The van der Waals surface area contributed by atoms with Crippen LogP contribution in [-0.2, 0) is 0 Å². The summed E-state index contributed by atoms with van der Waals surface area (Å²) in [5.74, 6) is 1.49. The minimum absolute atomic E-state index is 0.0452. The first kappa shape index (κ1) is 14.7. The molecule has 0 aliphatic rings. The summed E-state index contributed by atoms with van der Waals surface area (Å²) in [6.07, 6.45) is -4.82. The standard InChI is InChI=1S/C12H18F3N3/c1-8(2)11-17-9(3)7-10(18-11)16-6-4-5-12(13,14)15/h7-8H,4-6H2,1-3H3,(H,16,17,18). The maximum atomic E-state index is 12.0. The van der Waals surface area contributed by atoms with Gasteiger partial charge < -0.3 is 5.32 Å². The van der Waals surface area contributed by atoms with E-state index in [1.165, 1.54) is 0 Å². The molecule has 0 atom stereocenters. The molecule has 1 rings (SSSR count). The van der Waals surface area contributed by atoms with Gasteiger partial charge in [-0.1, -0.05) is 13.8 Å². The third-order valence-electron chi connectivity index (χ3n) is 2.33. The van der Waals surface area contributed by atoms with Crippen LogP contribution in [0.4, 0.5) is 19.0 Å². The number of aromatic nitrogens is 2. The Morgan fingerprint density at radius 1 is 1.28 bits per heavy atom. The van der Waals surface area contributed by atoms with E-state index in [0.29, 0.717) is 11.6 Å². The predicted octanol–water partition coefficient (Wildman–Crippen LogP) is 3.66. The molecule has 1 aromatic heterocycles. The number of halogens is 3. The lowest BCUT2D eigenvalue weighted by Crippen LogP contribution is -2.12. The minimum Gasteiger partial charge on any atom is -0.370 e. The normalized spacial score (nSPS) is 11.9. The van der Waals surface area contributed by atoms with Crippen LogP contribution < -0.4 is 5.32 Å². The second-order valence-electron chi connectivity index (χ2n) is 4.55. The molecule has 0 bridgehead atoms. The number of nitrogens with zero attached hydrogens (tertiary/aromatic N) is 2. The molecule has 0 saturated carbocycles. The van der Waals surface area contributed by atoms with Gasteiger partial charge in [-0.25, -0.2) is 9.97 Å². The van der Waals surface area contributed by atoms with Crippen molar-refractivity contribution in [2.45, 2.75) is 45.7 Å². The Morgan fingerprint density at radius 2 is 1.94 bits per heavy atom. The van der Waals surface area contributed by atoms with Crippen LogP contribution in [0.25, 0.3) is 0 Å². The van der Waals surface area contributed by atoms with Gasteiger partial charge in [-0.3, -0.25) is 0 Å². The molecular formula is C12H18F3N3. The topological polar surface area (TPSA) is 37.8 Å². The molecule has 0 aromatic carbocycles. The lowest BCUT2D eigenvalue weighted by Gasteiger charge is -2.11. The molecular weight excluding hydrogens is 243 g/mol. The van der Waals surface area contributed by atoms with E-state index in [2.05, 4.69) is 15.3 Å². The van der Waals surface area contributed by atoms with Crippen molar-refractivity contribution >= 4 is 5.82 Å². The van der Waals surface area contributed by atoms with Gasteiger partial charge in [-0.15, -0.1) is 0 Å². The van der Waals surface area contributed by atoms with Gasteiger partial charge in [0.15, 0.2) is 0 Å². The average molecular weight is 261 g/mol. The largest absolute Gasteiger partial charge is 0.389 e. The van der Waals surface area contributed by atoms with Crippen molar-refractivity contribution in [3.63, 3.8) is 0 Å². The summed E-state index contributed by atoms with van der Waals surface area (Å²) >= 11 is 0. The van der Waals surface area contributed by atoms with Gasteiger partial charge in [0.1, 0.15) is 11.6 Å². The fourth-order valence-electron chi connectivity index (χ4n) is 1.45. The third-order valence-corrected chi connectivity index (χ3v) is 2.33. The van der Waals surface area contributed by atoms with E-state index in [0.717, 1.165) is 5.69 Å². The summed E-state index contributed by atoms with van der Waals surface area (Å²) in [6, 6.07) is 1.74. The fourth-order valence-corrected chi connectivity index (χ4v) is 1.45. The zero-order valence-corrected chi connectivity index (χ0v) is 10.8. The van der Waals surface area contributed by atoms with Crippen LogP contribution in [0.1, 0.15) is 44.1 Å². The molecule has 0 fully saturated rings. The number of hydrogen-bond donors (Lipinski definition) is 1. The molecule has 102 valence electrons. The number of anilines is 1. The van der Waals surface area contributed by atoms with Crippen LogP contribution in [0.5, 0.6) is 0 Å². The van der Waals surface area contributed by atoms with Crippen molar-refractivity contribution in [2.75, 3.05) is 11.9 Å². The van der Waals surface area contributed by atoms with Crippen LogP contribution in [0.2, 0.25) is 0 Å². The van der Waals surface area contributed by atoms with Gasteiger partial charge in [-0.05, 0) is 13.3 Å². The van der Waals surface area contributed by atoms with Crippen LogP contribution in [0, 0.1) is 6.92 Å². The molecule has 1 aromatic rings.